The van der Waals surface area contributed by atoms with Crippen molar-refractivity contribution in [2.45, 2.75) is 90.9 Å². The van der Waals surface area contributed by atoms with Gasteiger partial charge >= 0.3 is 0 Å². The summed E-state index contributed by atoms with van der Waals surface area (Å²) in [6.07, 6.45) is 15.5. The van der Waals surface area contributed by atoms with Crippen LogP contribution in [-0.2, 0) is 25.4 Å². The molecule has 1 aromatic rings. The molecule has 0 fully saturated rings. The van der Waals surface area contributed by atoms with Crippen LogP contribution in [0.25, 0.3) is 0 Å². The van der Waals surface area contributed by atoms with E-state index in [1.54, 1.807) is 0 Å². The van der Waals surface area contributed by atoms with E-state index in [1.165, 1.54) is 69.8 Å². The fourth-order valence-electron chi connectivity index (χ4n) is 3.65. The van der Waals surface area contributed by atoms with Crippen LogP contribution in [0.15, 0.2) is 24.3 Å². The lowest BCUT2D eigenvalue weighted by atomic mass is 10.0. The zero-order valence-electron chi connectivity index (χ0n) is 22.2. The SMILES string of the molecule is CCCCCCCCc1ccc(OCCOCCOCCOCCOCCCCCCC)cc1. The molecule has 0 saturated carbocycles. The van der Waals surface area contributed by atoms with E-state index in [4.69, 9.17) is 23.7 Å². The normalized spacial score (nSPS) is 11.2. The highest BCUT2D eigenvalue weighted by atomic mass is 16.6. The molecule has 0 aliphatic rings. The minimum atomic E-state index is 0.554. The first-order valence-corrected chi connectivity index (χ1v) is 13.9. The van der Waals surface area contributed by atoms with E-state index in [2.05, 4.69) is 38.1 Å². The number of unbranched alkanes of at least 4 members (excludes halogenated alkanes) is 9. The molecule has 0 aromatic heterocycles. The average molecular weight is 481 g/mol. The first kappa shape index (κ1) is 30.9. The maximum absolute atomic E-state index is 5.76. The third kappa shape index (κ3) is 20.3. The van der Waals surface area contributed by atoms with Gasteiger partial charge in [0.2, 0.25) is 0 Å². The van der Waals surface area contributed by atoms with Gasteiger partial charge < -0.3 is 23.7 Å². The highest BCUT2D eigenvalue weighted by molar-refractivity contribution is 5.27. The van der Waals surface area contributed by atoms with Crippen molar-refractivity contribution >= 4 is 0 Å². The first-order chi connectivity index (χ1) is 16.9. The molecular weight excluding hydrogens is 428 g/mol. The highest BCUT2D eigenvalue weighted by Gasteiger charge is 1.98. The monoisotopic (exact) mass is 480 g/mol. The van der Waals surface area contributed by atoms with E-state index in [-0.39, 0.29) is 0 Å². The van der Waals surface area contributed by atoms with Crippen LogP contribution in [-0.4, -0.2) is 59.5 Å². The van der Waals surface area contributed by atoms with Gasteiger partial charge in [-0.15, -0.1) is 0 Å². The Kier molecular flexibility index (Phi) is 22.7. The van der Waals surface area contributed by atoms with Crippen molar-refractivity contribution in [3.05, 3.63) is 29.8 Å². The predicted octanol–water partition coefficient (Wildman–Crippen LogP) is 7.01. The van der Waals surface area contributed by atoms with E-state index in [0.29, 0.717) is 52.9 Å². The summed E-state index contributed by atoms with van der Waals surface area (Å²) in [6.45, 7) is 10.1. The molecule has 0 bridgehead atoms. The zero-order chi connectivity index (χ0) is 24.4. The quantitative estimate of drug-likeness (QED) is 0.134. The van der Waals surface area contributed by atoms with Crippen LogP contribution in [0.5, 0.6) is 5.75 Å². The van der Waals surface area contributed by atoms with Gasteiger partial charge in [-0.2, -0.15) is 0 Å². The molecule has 0 atom stereocenters. The van der Waals surface area contributed by atoms with Crippen LogP contribution in [0, 0.1) is 0 Å². The van der Waals surface area contributed by atoms with Crippen LogP contribution < -0.4 is 4.74 Å². The average Bonchev–Trinajstić information content (AvgIpc) is 2.86. The summed E-state index contributed by atoms with van der Waals surface area (Å²) in [7, 11) is 0. The minimum absolute atomic E-state index is 0.554. The van der Waals surface area contributed by atoms with Crippen molar-refractivity contribution in [2.24, 2.45) is 0 Å². The molecule has 1 rings (SSSR count). The van der Waals surface area contributed by atoms with Crippen molar-refractivity contribution in [1.82, 2.24) is 0 Å². The molecule has 0 heterocycles. The summed E-state index contributed by atoms with van der Waals surface area (Å²) in [5.74, 6) is 0.907. The first-order valence-electron chi connectivity index (χ1n) is 13.9. The number of ether oxygens (including phenoxy) is 5. The lowest BCUT2D eigenvalue weighted by Gasteiger charge is -2.09. The van der Waals surface area contributed by atoms with Gasteiger partial charge in [0.05, 0.1) is 46.2 Å². The lowest BCUT2D eigenvalue weighted by Crippen LogP contribution is -2.13. The molecule has 5 heteroatoms. The van der Waals surface area contributed by atoms with Crippen molar-refractivity contribution in [3.63, 3.8) is 0 Å². The van der Waals surface area contributed by atoms with E-state index < -0.39 is 0 Å². The van der Waals surface area contributed by atoms with Gasteiger partial charge in [-0.25, -0.2) is 0 Å². The zero-order valence-corrected chi connectivity index (χ0v) is 22.2. The molecule has 5 nitrogen and oxygen atoms in total. The molecular formula is C29H52O5. The van der Waals surface area contributed by atoms with Crippen LogP contribution >= 0.6 is 0 Å². The van der Waals surface area contributed by atoms with Gasteiger partial charge in [0, 0.05) is 6.61 Å². The third-order valence-corrected chi connectivity index (χ3v) is 5.75. The Bertz CT molecular complexity index is 520. The summed E-state index contributed by atoms with van der Waals surface area (Å²) in [6, 6.07) is 8.49. The molecule has 198 valence electrons. The van der Waals surface area contributed by atoms with E-state index in [1.807, 2.05) is 0 Å². The van der Waals surface area contributed by atoms with Crippen molar-refractivity contribution < 1.29 is 23.7 Å². The molecule has 0 amide bonds. The maximum Gasteiger partial charge on any atom is 0.119 e. The Hall–Kier alpha value is -1.14. The Morgan fingerprint density at radius 2 is 0.882 bits per heavy atom. The van der Waals surface area contributed by atoms with Gasteiger partial charge in [0.15, 0.2) is 0 Å². The smallest absolute Gasteiger partial charge is 0.119 e. The second kappa shape index (κ2) is 25.0. The maximum atomic E-state index is 5.76. The minimum Gasteiger partial charge on any atom is -0.491 e. The van der Waals surface area contributed by atoms with E-state index in [0.717, 1.165) is 25.2 Å². The molecule has 0 radical (unpaired) electrons. The van der Waals surface area contributed by atoms with Gasteiger partial charge in [-0.3, -0.25) is 0 Å². The number of benzene rings is 1. The van der Waals surface area contributed by atoms with Crippen molar-refractivity contribution in [2.75, 3.05) is 59.5 Å². The second-order valence-corrected chi connectivity index (χ2v) is 8.87. The summed E-state index contributed by atoms with van der Waals surface area (Å²) in [5, 5.41) is 0. The number of hydrogen-bond donors (Lipinski definition) is 0. The Labute approximate surface area is 209 Å². The molecule has 0 aliphatic heterocycles. The topological polar surface area (TPSA) is 46.2 Å². The van der Waals surface area contributed by atoms with Crippen LogP contribution in [0.2, 0.25) is 0 Å². The van der Waals surface area contributed by atoms with Crippen molar-refractivity contribution in [1.29, 1.82) is 0 Å². The lowest BCUT2D eigenvalue weighted by molar-refractivity contribution is -0.00487. The number of aryl methyl sites for hydroxylation is 1. The molecule has 0 N–H and O–H groups in total. The van der Waals surface area contributed by atoms with E-state index >= 15 is 0 Å². The highest BCUT2D eigenvalue weighted by Crippen LogP contribution is 2.15. The Morgan fingerprint density at radius 1 is 0.441 bits per heavy atom. The van der Waals surface area contributed by atoms with Crippen LogP contribution in [0.1, 0.15) is 90.0 Å². The van der Waals surface area contributed by atoms with Gasteiger partial charge in [-0.1, -0.05) is 83.8 Å². The molecule has 0 saturated heterocycles. The summed E-state index contributed by atoms with van der Waals surface area (Å²) >= 11 is 0. The van der Waals surface area contributed by atoms with Gasteiger partial charge in [0.25, 0.3) is 0 Å². The number of hydrogen-bond acceptors (Lipinski definition) is 5. The van der Waals surface area contributed by atoms with Gasteiger partial charge in [-0.05, 0) is 37.0 Å². The summed E-state index contributed by atoms with van der Waals surface area (Å²) < 4.78 is 27.9. The Morgan fingerprint density at radius 3 is 1.44 bits per heavy atom. The Balaban J connectivity index is 1.81. The van der Waals surface area contributed by atoms with Gasteiger partial charge in [0.1, 0.15) is 12.4 Å². The fourth-order valence-corrected chi connectivity index (χ4v) is 3.65. The molecule has 1 aromatic carbocycles. The number of rotatable bonds is 26. The fraction of sp³-hybridized carbons (Fsp3) is 0.793. The summed E-state index contributed by atoms with van der Waals surface area (Å²) in [4.78, 5) is 0. The van der Waals surface area contributed by atoms with Crippen molar-refractivity contribution in [3.8, 4) is 5.75 Å². The second-order valence-electron chi connectivity index (χ2n) is 8.87. The standard InChI is InChI=1S/C29H52O5/c1-3-5-7-9-10-12-14-28-15-17-29(18-16-28)34-27-26-33-25-24-32-23-22-31-21-20-30-19-13-11-8-6-4-2/h15-18H,3-14,19-27H2,1-2H3. The van der Waals surface area contributed by atoms with Crippen LogP contribution in [0.4, 0.5) is 0 Å². The molecule has 0 aliphatic carbocycles. The summed E-state index contributed by atoms with van der Waals surface area (Å²) in [5.41, 5.74) is 1.39. The van der Waals surface area contributed by atoms with E-state index in [9.17, 15) is 0 Å². The third-order valence-electron chi connectivity index (χ3n) is 5.75. The molecule has 0 unspecified atom stereocenters. The van der Waals surface area contributed by atoms with Crippen LogP contribution in [0.3, 0.4) is 0 Å². The predicted molar refractivity (Wildman–Crippen MR) is 141 cm³/mol. The molecule has 34 heavy (non-hydrogen) atoms. The largest absolute Gasteiger partial charge is 0.491 e. The molecule has 0 spiro atoms.